The predicted molar refractivity (Wildman–Crippen MR) is 95.4 cm³/mol. The van der Waals surface area contributed by atoms with Gasteiger partial charge in [-0.05, 0) is 29.5 Å². The molecule has 3 heterocycles. The molecule has 0 radical (unpaired) electrons. The van der Waals surface area contributed by atoms with E-state index in [0.29, 0.717) is 11.3 Å². The number of amides is 1. The molecule has 3 aromatic rings. The largest absolute Gasteiger partial charge is 0.464 e. The molecule has 3 rings (SSSR count). The molecule has 11 nitrogen and oxygen atoms in total. The molecule has 0 aromatic carbocycles. The van der Waals surface area contributed by atoms with Crippen LogP contribution in [0.15, 0.2) is 34.5 Å². The second kappa shape index (κ2) is 8.90. The van der Waals surface area contributed by atoms with Crippen LogP contribution >= 0.6 is 11.3 Å². The van der Waals surface area contributed by atoms with Crippen molar-refractivity contribution in [1.82, 2.24) is 20.2 Å². The van der Waals surface area contributed by atoms with Crippen LogP contribution in [0.3, 0.4) is 0 Å². The summed E-state index contributed by atoms with van der Waals surface area (Å²) >= 11 is 1.13. The summed E-state index contributed by atoms with van der Waals surface area (Å²) in [6.07, 6.45) is 2.72. The summed E-state index contributed by atoms with van der Waals surface area (Å²) in [4.78, 5) is 36.2. The van der Waals surface area contributed by atoms with Crippen LogP contribution in [-0.2, 0) is 25.6 Å². The molecule has 12 heteroatoms. The van der Waals surface area contributed by atoms with Gasteiger partial charge in [-0.2, -0.15) is 0 Å². The molecule has 1 amide bonds. The number of rotatable bonds is 8. The van der Waals surface area contributed by atoms with Gasteiger partial charge in [0.25, 0.3) is 5.91 Å². The molecule has 0 fully saturated rings. The molecule has 146 valence electrons. The Bertz CT molecular complexity index is 951. The van der Waals surface area contributed by atoms with Crippen LogP contribution in [0.5, 0.6) is 0 Å². The lowest BCUT2D eigenvalue weighted by atomic mass is 10.1. The Kier molecular flexibility index (Phi) is 6.11. The van der Waals surface area contributed by atoms with E-state index in [1.54, 1.807) is 24.4 Å². The van der Waals surface area contributed by atoms with Gasteiger partial charge in [-0.1, -0.05) is 0 Å². The number of tetrazole rings is 1. The third-order valence-corrected chi connectivity index (χ3v) is 4.25. The summed E-state index contributed by atoms with van der Waals surface area (Å²) in [6.45, 7) is 1.10. The van der Waals surface area contributed by atoms with Gasteiger partial charge in [0.05, 0.1) is 12.9 Å². The molecular weight excluding hydrogens is 390 g/mol. The zero-order valence-electron chi connectivity index (χ0n) is 14.7. The zero-order chi connectivity index (χ0) is 19.9. The molecule has 0 unspecified atom stereocenters. The highest BCUT2D eigenvalue weighted by molar-refractivity contribution is 7.15. The Morgan fingerprint density at radius 3 is 2.86 bits per heavy atom. The number of carbonyl (C=O) groups excluding carboxylic acids is 3. The fraction of sp³-hybridized carbons (Fsp3) is 0.250. The van der Waals surface area contributed by atoms with Crippen LogP contribution < -0.4 is 5.32 Å². The number of nitrogens with one attached hydrogen (secondary N) is 1. The number of thiophene rings is 1. The third-order valence-electron chi connectivity index (χ3n) is 3.36. The first-order chi connectivity index (χ1) is 13.6. The molecule has 3 aromatic heterocycles. The number of ether oxygens (including phenoxy) is 2. The van der Waals surface area contributed by atoms with Gasteiger partial charge in [-0.25, -0.2) is 9.48 Å². The molecule has 0 spiro atoms. The number of furan rings is 1. The van der Waals surface area contributed by atoms with E-state index in [1.165, 1.54) is 12.6 Å². The summed E-state index contributed by atoms with van der Waals surface area (Å²) in [5, 5.41) is 14.8. The fourth-order valence-corrected chi connectivity index (χ4v) is 3.16. The lowest BCUT2D eigenvalue weighted by Gasteiger charge is -2.08. The topological polar surface area (TPSA) is 138 Å². The van der Waals surface area contributed by atoms with Crippen LogP contribution in [0, 0.1) is 0 Å². The second-order valence-electron chi connectivity index (χ2n) is 5.27. The maximum atomic E-state index is 12.4. The van der Waals surface area contributed by atoms with Gasteiger partial charge in [0, 0.05) is 10.9 Å². The first-order valence-electron chi connectivity index (χ1n) is 8.07. The number of esters is 2. The van der Waals surface area contributed by atoms with Crippen LogP contribution in [0.25, 0.3) is 11.3 Å². The zero-order valence-corrected chi connectivity index (χ0v) is 15.5. The highest BCUT2D eigenvalue weighted by Gasteiger charge is 2.24. The van der Waals surface area contributed by atoms with Crippen molar-refractivity contribution >= 4 is 34.2 Å². The average Bonchev–Trinajstić information content (AvgIpc) is 3.41. The van der Waals surface area contributed by atoms with Crippen molar-refractivity contribution in [2.75, 3.05) is 18.5 Å². The van der Waals surface area contributed by atoms with E-state index in [4.69, 9.17) is 13.9 Å². The van der Waals surface area contributed by atoms with E-state index in [0.717, 1.165) is 16.0 Å². The van der Waals surface area contributed by atoms with Crippen molar-refractivity contribution < 1.29 is 28.3 Å². The minimum atomic E-state index is -0.685. The highest BCUT2D eigenvalue weighted by Crippen LogP contribution is 2.36. The summed E-state index contributed by atoms with van der Waals surface area (Å²) in [6, 6.07) is 3.38. The smallest absolute Gasteiger partial charge is 0.341 e. The van der Waals surface area contributed by atoms with Crippen LogP contribution in [0.4, 0.5) is 5.00 Å². The number of nitrogens with zero attached hydrogens (tertiary/aromatic N) is 4. The average molecular weight is 405 g/mol. The highest BCUT2D eigenvalue weighted by atomic mass is 32.1. The normalized spacial score (nSPS) is 10.5. The molecule has 0 aliphatic rings. The number of hydrogen-bond donors (Lipinski definition) is 1. The minimum Gasteiger partial charge on any atom is -0.464 e. The lowest BCUT2D eigenvalue weighted by Crippen LogP contribution is -2.23. The first kappa shape index (κ1) is 19.2. The number of carbonyl (C=O) groups is 3. The Labute approximate surface area is 162 Å². The summed E-state index contributed by atoms with van der Waals surface area (Å²) in [5.41, 5.74) is 0.676. The molecule has 0 aliphatic heterocycles. The van der Waals surface area contributed by atoms with Crippen molar-refractivity contribution in [3.05, 3.63) is 35.7 Å². The van der Waals surface area contributed by atoms with Gasteiger partial charge in [-0.15, -0.1) is 16.4 Å². The predicted octanol–water partition coefficient (Wildman–Crippen LogP) is 1.35. The molecule has 0 aliphatic carbocycles. The number of anilines is 1. The maximum absolute atomic E-state index is 12.4. The molecule has 0 atom stereocenters. The van der Waals surface area contributed by atoms with Gasteiger partial charge in [-0.3, -0.25) is 9.59 Å². The van der Waals surface area contributed by atoms with Crippen LogP contribution in [0.2, 0.25) is 0 Å². The van der Waals surface area contributed by atoms with E-state index >= 15 is 0 Å². The van der Waals surface area contributed by atoms with Crippen LogP contribution in [-0.4, -0.2) is 51.3 Å². The van der Waals surface area contributed by atoms with Crippen molar-refractivity contribution in [2.24, 2.45) is 0 Å². The monoisotopic (exact) mass is 405 g/mol. The summed E-state index contributed by atoms with van der Waals surface area (Å²) in [5.74, 6) is -1.42. The summed E-state index contributed by atoms with van der Waals surface area (Å²) < 4.78 is 16.4. The second-order valence-corrected chi connectivity index (χ2v) is 6.15. The number of aromatic nitrogens is 4. The maximum Gasteiger partial charge on any atom is 0.341 e. The van der Waals surface area contributed by atoms with Gasteiger partial charge >= 0.3 is 11.9 Å². The van der Waals surface area contributed by atoms with E-state index in [2.05, 4.69) is 20.8 Å². The van der Waals surface area contributed by atoms with E-state index < -0.39 is 24.5 Å². The lowest BCUT2D eigenvalue weighted by molar-refractivity contribution is -0.148. The third kappa shape index (κ3) is 4.59. The standard InChI is InChI=1S/C16H15N5O6S/c1-2-25-16(24)14-10(11-4-3-5-26-11)8-28-15(14)18-12(22)7-27-13(23)6-21-9-17-19-20-21/h3-5,8-9H,2,6-7H2,1H3,(H,18,22). The Morgan fingerprint density at radius 2 is 2.18 bits per heavy atom. The van der Waals surface area contributed by atoms with Gasteiger partial charge in [0.2, 0.25) is 0 Å². The SMILES string of the molecule is CCOC(=O)c1c(-c2ccco2)csc1NC(=O)COC(=O)Cn1cnnn1. The molecule has 28 heavy (non-hydrogen) atoms. The molecule has 0 saturated heterocycles. The van der Waals surface area contributed by atoms with E-state index in [1.807, 2.05) is 0 Å². The molecule has 0 bridgehead atoms. The van der Waals surface area contributed by atoms with Crippen molar-refractivity contribution in [2.45, 2.75) is 13.5 Å². The van der Waals surface area contributed by atoms with Gasteiger partial charge in [0.1, 0.15) is 29.2 Å². The Balaban J connectivity index is 1.66. The molecule has 1 N–H and O–H groups in total. The Morgan fingerprint density at radius 1 is 1.32 bits per heavy atom. The molecular formula is C16H15N5O6S. The van der Waals surface area contributed by atoms with Crippen molar-refractivity contribution in [3.63, 3.8) is 0 Å². The van der Waals surface area contributed by atoms with Gasteiger partial charge in [0.15, 0.2) is 6.61 Å². The van der Waals surface area contributed by atoms with Crippen LogP contribution in [0.1, 0.15) is 17.3 Å². The minimum absolute atomic E-state index is 0.175. The van der Waals surface area contributed by atoms with Crippen molar-refractivity contribution in [3.8, 4) is 11.3 Å². The molecule has 0 saturated carbocycles. The fourth-order valence-electron chi connectivity index (χ4n) is 2.21. The Hall–Kier alpha value is -3.54. The van der Waals surface area contributed by atoms with Gasteiger partial charge < -0.3 is 19.2 Å². The quantitative estimate of drug-likeness (QED) is 0.550. The first-order valence-corrected chi connectivity index (χ1v) is 8.95. The number of hydrogen-bond acceptors (Lipinski definition) is 10. The van der Waals surface area contributed by atoms with E-state index in [-0.39, 0.29) is 23.7 Å². The van der Waals surface area contributed by atoms with E-state index in [9.17, 15) is 14.4 Å². The summed E-state index contributed by atoms with van der Waals surface area (Å²) in [7, 11) is 0. The van der Waals surface area contributed by atoms with Crippen molar-refractivity contribution in [1.29, 1.82) is 0 Å².